The maximum atomic E-state index is 13.1. The fraction of sp³-hybridized carbons (Fsp3) is 0.350. The molecule has 1 aromatic carbocycles. The van der Waals surface area contributed by atoms with Gasteiger partial charge in [-0.3, -0.25) is 9.59 Å². The van der Waals surface area contributed by atoms with Crippen molar-refractivity contribution in [3.8, 4) is 0 Å². The van der Waals surface area contributed by atoms with Crippen LogP contribution in [0.1, 0.15) is 43.0 Å². The number of hydrogen-bond acceptors (Lipinski definition) is 4. The Hall–Kier alpha value is -2.34. The summed E-state index contributed by atoms with van der Waals surface area (Å²) in [4.78, 5) is 32.1. The Balaban J connectivity index is 1.73. The Bertz CT molecular complexity index is 794. The van der Waals surface area contributed by atoms with Crippen LogP contribution in [0.3, 0.4) is 0 Å². The third kappa shape index (κ3) is 4.25. The highest BCUT2D eigenvalue weighted by Crippen LogP contribution is 2.40. The SMILES string of the molecule is CCCCNC(=O)CCCN1C(=O)c2cccnc2Sc2ccccc21. The van der Waals surface area contributed by atoms with E-state index in [2.05, 4.69) is 17.2 Å². The van der Waals surface area contributed by atoms with Crippen LogP contribution in [0, 0.1) is 0 Å². The van der Waals surface area contributed by atoms with Crippen molar-refractivity contribution in [3.63, 3.8) is 0 Å². The summed E-state index contributed by atoms with van der Waals surface area (Å²) < 4.78 is 0. The third-order valence-corrected chi connectivity index (χ3v) is 5.33. The number of nitrogens with one attached hydrogen (secondary N) is 1. The van der Waals surface area contributed by atoms with Crippen LogP contribution in [0.15, 0.2) is 52.5 Å². The molecule has 0 spiro atoms. The second-order valence-corrected chi connectivity index (χ2v) is 7.22. The maximum absolute atomic E-state index is 13.1. The van der Waals surface area contributed by atoms with Gasteiger partial charge in [-0.15, -0.1) is 0 Å². The number of fused-ring (bicyclic) bond motifs is 2. The lowest BCUT2D eigenvalue weighted by Gasteiger charge is -2.22. The van der Waals surface area contributed by atoms with Gasteiger partial charge in [0.15, 0.2) is 0 Å². The largest absolute Gasteiger partial charge is 0.356 e. The molecule has 0 atom stereocenters. The summed E-state index contributed by atoms with van der Waals surface area (Å²) in [6, 6.07) is 11.4. The van der Waals surface area contributed by atoms with E-state index in [4.69, 9.17) is 0 Å². The van der Waals surface area contributed by atoms with Crippen molar-refractivity contribution in [3.05, 3.63) is 48.2 Å². The van der Waals surface area contributed by atoms with Crippen molar-refractivity contribution >= 4 is 29.3 Å². The zero-order valence-electron chi connectivity index (χ0n) is 14.9. The molecule has 26 heavy (non-hydrogen) atoms. The minimum Gasteiger partial charge on any atom is -0.356 e. The van der Waals surface area contributed by atoms with E-state index in [0.717, 1.165) is 35.0 Å². The standard InChI is InChI=1S/C20H23N3O2S/c1-2-3-12-21-18(24)11-7-14-23-16-9-4-5-10-17(16)26-19-15(20(23)25)8-6-13-22-19/h4-6,8-10,13H,2-3,7,11-12,14H2,1H3,(H,21,24). The second kappa shape index (κ2) is 8.85. The summed E-state index contributed by atoms with van der Waals surface area (Å²) in [5, 5.41) is 3.65. The van der Waals surface area contributed by atoms with Crippen LogP contribution in [0.2, 0.25) is 0 Å². The fourth-order valence-corrected chi connectivity index (χ4v) is 3.89. The zero-order chi connectivity index (χ0) is 18.4. The number of amides is 2. The Labute approximate surface area is 158 Å². The Kier molecular flexibility index (Phi) is 6.28. The van der Waals surface area contributed by atoms with Gasteiger partial charge in [0.1, 0.15) is 5.03 Å². The van der Waals surface area contributed by atoms with Gasteiger partial charge in [-0.2, -0.15) is 0 Å². The van der Waals surface area contributed by atoms with E-state index in [1.165, 1.54) is 11.8 Å². The first-order chi connectivity index (χ1) is 12.7. The van der Waals surface area contributed by atoms with Gasteiger partial charge in [0.25, 0.3) is 5.91 Å². The van der Waals surface area contributed by atoms with Crippen molar-refractivity contribution in [1.29, 1.82) is 0 Å². The van der Waals surface area contributed by atoms with Crippen LogP contribution in [-0.4, -0.2) is 29.9 Å². The summed E-state index contributed by atoms with van der Waals surface area (Å²) in [6.45, 7) is 3.32. The topological polar surface area (TPSA) is 62.3 Å². The van der Waals surface area contributed by atoms with Crippen LogP contribution in [0.4, 0.5) is 5.69 Å². The molecule has 2 heterocycles. The van der Waals surface area contributed by atoms with Crippen LogP contribution < -0.4 is 10.2 Å². The predicted octanol–water partition coefficient (Wildman–Crippen LogP) is 3.89. The van der Waals surface area contributed by atoms with Crippen molar-refractivity contribution in [2.75, 3.05) is 18.0 Å². The molecule has 1 aliphatic heterocycles. The predicted molar refractivity (Wildman–Crippen MR) is 104 cm³/mol. The molecule has 1 N–H and O–H groups in total. The van der Waals surface area contributed by atoms with Crippen LogP contribution in [0.5, 0.6) is 0 Å². The molecular formula is C20H23N3O2S. The maximum Gasteiger partial charge on any atom is 0.261 e. The molecular weight excluding hydrogens is 346 g/mol. The van der Waals surface area contributed by atoms with Crippen molar-refractivity contribution in [2.45, 2.75) is 42.5 Å². The lowest BCUT2D eigenvalue weighted by atomic mass is 10.2. The van der Waals surface area contributed by atoms with Gasteiger partial charge >= 0.3 is 0 Å². The number of nitrogens with zero attached hydrogens (tertiary/aromatic N) is 2. The van der Waals surface area contributed by atoms with E-state index in [-0.39, 0.29) is 11.8 Å². The first kappa shape index (κ1) is 18.5. The van der Waals surface area contributed by atoms with E-state index < -0.39 is 0 Å². The summed E-state index contributed by atoms with van der Waals surface area (Å²) in [5.41, 5.74) is 1.49. The number of aromatic nitrogens is 1. The first-order valence-electron chi connectivity index (χ1n) is 9.01. The number of para-hydroxylation sites is 1. The van der Waals surface area contributed by atoms with E-state index in [1.807, 2.05) is 30.3 Å². The number of benzene rings is 1. The number of unbranched alkanes of at least 4 members (excludes halogenated alkanes) is 1. The van der Waals surface area contributed by atoms with Gasteiger partial charge in [-0.1, -0.05) is 37.2 Å². The molecule has 2 amide bonds. The molecule has 6 heteroatoms. The quantitative estimate of drug-likeness (QED) is 0.752. The molecule has 1 aliphatic rings. The normalized spacial score (nSPS) is 13.0. The monoisotopic (exact) mass is 369 g/mol. The molecule has 0 bridgehead atoms. The highest BCUT2D eigenvalue weighted by atomic mass is 32.2. The molecule has 0 fully saturated rings. The summed E-state index contributed by atoms with van der Waals surface area (Å²) in [5.74, 6) is -0.0117. The molecule has 5 nitrogen and oxygen atoms in total. The Morgan fingerprint density at radius 2 is 2.04 bits per heavy atom. The Morgan fingerprint density at radius 3 is 2.88 bits per heavy atom. The molecule has 0 saturated carbocycles. The lowest BCUT2D eigenvalue weighted by molar-refractivity contribution is -0.121. The molecule has 3 rings (SSSR count). The number of pyridine rings is 1. The molecule has 0 unspecified atom stereocenters. The summed E-state index contributed by atoms with van der Waals surface area (Å²) in [6.07, 6.45) is 4.80. The first-order valence-corrected chi connectivity index (χ1v) is 9.83. The van der Waals surface area contributed by atoms with Crippen molar-refractivity contribution in [1.82, 2.24) is 10.3 Å². The van der Waals surface area contributed by atoms with Crippen LogP contribution >= 0.6 is 11.8 Å². The van der Waals surface area contributed by atoms with Gasteiger partial charge in [0.2, 0.25) is 5.91 Å². The average molecular weight is 369 g/mol. The number of rotatable bonds is 7. The van der Waals surface area contributed by atoms with E-state index in [1.54, 1.807) is 17.2 Å². The smallest absolute Gasteiger partial charge is 0.261 e. The molecule has 0 aliphatic carbocycles. The summed E-state index contributed by atoms with van der Waals surface area (Å²) in [7, 11) is 0. The average Bonchev–Trinajstić information content (AvgIpc) is 2.77. The number of anilines is 1. The molecule has 2 aromatic rings. The van der Waals surface area contributed by atoms with Gasteiger partial charge in [0, 0.05) is 30.6 Å². The highest BCUT2D eigenvalue weighted by molar-refractivity contribution is 7.99. The Morgan fingerprint density at radius 1 is 1.19 bits per heavy atom. The zero-order valence-corrected chi connectivity index (χ0v) is 15.7. The fourth-order valence-electron chi connectivity index (χ4n) is 2.87. The molecule has 0 saturated heterocycles. The van der Waals surface area contributed by atoms with Crippen LogP contribution in [0.25, 0.3) is 0 Å². The highest BCUT2D eigenvalue weighted by Gasteiger charge is 2.27. The summed E-state index contributed by atoms with van der Waals surface area (Å²) >= 11 is 1.51. The minimum absolute atomic E-state index is 0.0467. The number of carbonyl (C=O) groups is 2. The van der Waals surface area contributed by atoms with Gasteiger partial charge in [0.05, 0.1) is 11.3 Å². The molecule has 136 valence electrons. The van der Waals surface area contributed by atoms with E-state index >= 15 is 0 Å². The molecule has 1 aromatic heterocycles. The number of carbonyl (C=O) groups excluding carboxylic acids is 2. The van der Waals surface area contributed by atoms with Gasteiger partial charge in [-0.25, -0.2) is 4.98 Å². The van der Waals surface area contributed by atoms with E-state index in [9.17, 15) is 9.59 Å². The van der Waals surface area contributed by atoms with Crippen LogP contribution in [-0.2, 0) is 4.79 Å². The molecule has 0 radical (unpaired) electrons. The van der Waals surface area contributed by atoms with Crippen molar-refractivity contribution in [2.24, 2.45) is 0 Å². The second-order valence-electron chi connectivity index (χ2n) is 6.19. The van der Waals surface area contributed by atoms with Gasteiger partial charge in [-0.05, 0) is 37.1 Å². The van der Waals surface area contributed by atoms with Crippen molar-refractivity contribution < 1.29 is 9.59 Å². The third-order valence-electron chi connectivity index (χ3n) is 4.25. The number of hydrogen-bond donors (Lipinski definition) is 1. The van der Waals surface area contributed by atoms with E-state index in [0.29, 0.717) is 24.9 Å². The minimum atomic E-state index is -0.0584. The van der Waals surface area contributed by atoms with Gasteiger partial charge < -0.3 is 10.2 Å². The lowest BCUT2D eigenvalue weighted by Crippen LogP contribution is -2.33.